The number of fused-ring (bicyclic) bond motifs is 1. The topological polar surface area (TPSA) is 87.2 Å². The maximum absolute atomic E-state index is 12.1. The van der Waals surface area contributed by atoms with E-state index in [1.807, 2.05) is 31.2 Å². The van der Waals surface area contributed by atoms with Crippen molar-refractivity contribution in [1.82, 2.24) is 4.57 Å². The maximum atomic E-state index is 12.1. The summed E-state index contributed by atoms with van der Waals surface area (Å²) in [5.74, 6) is -0.842. The Morgan fingerprint density at radius 2 is 1.79 bits per heavy atom. The maximum Gasteiger partial charge on any atom is 0.299 e. The predicted octanol–water partition coefficient (Wildman–Crippen LogP) is 4.39. The number of nitrogens with zero attached hydrogens (tertiary/aromatic N) is 3. The lowest BCUT2D eigenvalue weighted by molar-refractivity contribution is 0.0992. The van der Waals surface area contributed by atoms with Crippen LogP contribution in [0.25, 0.3) is 10.9 Å². The van der Waals surface area contributed by atoms with Crippen LogP contribution < -0.4 is 0 Å². The fourth-order valence-electron chi connectivity index (χ4n) is 2.62. The number of para-hydroxylation sites is 2. The lowest BCUT2D eigenvalue weighted by Crippen LogP contribution is -1.95. The highest BCUT2D eigenvalue weighted by Crippen LogP contribution is 2.39. The van der Waals surface area contributed by atoms with Gasteiger partial charge in [0, 0.05) is 11.9 Å². The molecule has 3 aromatic rings. The van der Waals surface area contributed by atoms with Gasteiger partial charge < -0.3 is 14.8 Å². The van der Waals surface area contributed by atoms with Gasteiger partial charge in [-0.1, -0.05) is 37.3 Å². The summed E-state index contributed by atoms with van der Waals surface area (Å²) in [7, 11) is 0. The molecule has 0 spiro atoms. The molecule has 0 aliphatic heterocycles. The van der Waals surface area contributed by atoms with Crippen LogP contribution in [0.4, 0.5) is 5.69 Å². The molecule has 0 saturated carbocycles. The average Bonchev–Trinajstić information content (AvgIpc) is 2.86. The van der Waals surface area contributed by atoms with Gasteiger partial charge in [0.2, 0.25) is 5.88 Å². The molecule has 0 radical (unpaired) electrons. The average molecular weight is 323 g/mol. The number of azo groups is 1. The first-order valence-electron chi connectivity index (χ1n) is 7.67. The number of aromatic nitrogens is 1. The number of amides is 1. The van der Waals surface area contributed by atoms with Crippen LogP contribution in [0.1, 0.15) is 23.7 Å². The summed E-state index contributed by atoms with van der Waals surface area (Å²) >= 11 is 0. The number of phenols is 1. The summed E-state index contributed by atoms with van der Waals surface area (Å²) in [6.45, 7) is 2.65. The normalized spacial score (nSPS) is 11.4. The van der Waals surface area contributed by atoms with E-state index in [-0.39, 0.29) is 22.9 Å². The monoisotopic (exact) mass is 323 g/mol. The van der Waals surface area contributed by atoms with Crippen molar-refractivity contribution < 1.29 is 15.0 Å². The van der Waals surface area contributed by atoms with E-state index >= 15 is 0 Å². The first kappa shape index (κ1) is 15.7. The van der Waals surface area contributed by atoms with E-state index in [2.05, 4.69) is 10.2 Å². The number of hydrogen-bond acceptors (Lipinski definition) is 4. The van der Waals surface area contributed by atoms with Gasteiger partial charge in [-0.05, 0) is 24.6 Å². The Morgan fingerprint density at radius 1 is 1.08 bits per heavy atom. The molecule has 122 valence electrons. The van der Waals surface area contributed by atoms with Gasteiger partial charge in [-0.15, -0.1) is 10.2 Å². The van der Waals surface area contributed by atoms with Gasteiger partial charge >= 0.3 is 0 Å². The lowest BCUT2D eigenvalue weighted by Gasteiger charge is -2.03. The van der Waals surface area contributed by atoms with Gasteiger partial charge in [-0.25, -0.2) is 0 Å². The van der Waals surface area contributed by atoms with Crippen molar-refractivity contribution in [3.8, 4) is 11.6 Å². The third-order valence-corrected chi connectivity index (χ3v) is 3.74. The number of benzene rings is 2. The van der Waals surface area contributed by atoms with Gasteiger partial charge in [0.15, 0.2) is 5.69 Å². The van der Waals surface area contributed by atoms with Gasteiger partial charge in [-0.2, -0.15) is 0 Å². The fourth-order valence-corrected chi connectivity index (χ4v) is 2.62. The molecule has 0 unspecified atom stereocenters. The second kappa shape index (κ2) is 6.54. The molecule has 1 aromatic heterocycles. The van der Waals surface area contributed by atoms with E-state index in [1.54, 1.807) is 16.7 Å². The Morgan fingerprint density at radius 3 is 2.54 bits per heavy atom. The smallest absolute Gasteiger partial charge is 0.299 e. The number of rotatable bonds is 4. The number of carbonyl (C=O) groups is 1. The van der Waals surface area contributed by atoms with Crippen LogP contribution in [0.15, 0.2) is 58.8 Å². The Bertz CT molecular complexity index is 928. The first-order chi connectivity index (χ1) is 11.6. The van der Waals surface area contributed by atoms with Gasteiger partial charge in [-0.3, -0.25) is 4.79 Å². The van der Waals surface area contributed by atoms with Crippen LogP contribution in [-0.2, 0) is 6.54 Å². The Hall–Kier alpha value is -3.15. The van der Waals surface area contributed by atoms with Crippen LogP contribution in [0.3, 0.4) is 0 Å². The Labute approximate surface area is 138 Å². The fraction of sp³-hybridized carbons (Fsp3) is 0.167. The lowest BCUT2D eigenvalue weighted by atomic mass is 10.2. The molecular weight excluding hydrogens is 306 g/mol. The van der Waals surface area contributed by atoms with E-state index in [1.165, 1.54) is 12.1 Å². The summed E-state index contributed by atoms with van der Waals surface area (Å²) in [4.78, 5) is 12.1. The van der Waals surface area contributed by atoms with Crippen molar-refractivity contribution in [2.24, 2.45) is 10.2 Å². The Kier molecular flexibility index (Phi) is 4.29. The number of aromatic hydroxyl groups is 2. The van der Waals surface area contributed by atoms with Crippen LogP contribution in [0, 0.1) is 0 Å². The SMILES string of the molecule is CCCn1c(O)c(N=NC(=O)c2ccccc2O)c2ccccc21. The van der Waals surface area contributed by atoms with Crippen LogP contribution in [0.5, 0.6) is 11.6 Å². The number of carbonyl (C=O) groups excluding carboxylic acids is 1. The van der Waals surface area contributed by atoms with Gasteiger partial charge in [0.05, 0.1) is 11.1 Å². The molecular formula is C18H17N3O3. The molecule has 0 aliphatic rings. The quantitative estimate of drug-likeness (QED) is 0.698. The molecule has 6 nitrogen and oxygen atoms in total. The number of phenolic OH excluding ortho intramolecular Hbond substituents is 1. The van der Waals surface area contributed by atoms with Gasteiger partial charge in [0.1, 0.15) is 5.75 Å². The van der Waals surface area contributed by atoms with Crippen molar-refractivity contribution in [1.29, 1.82) is 0 Å². The standard InChI is InChI=1S/C18H17N3O3/c1-2-11-21-14-9-5-3-7-12(14)16(18(21)24)19-20-17(23)13-8-4-6-10-15(13)22/h3-10,22,24H,2,11H2,1H3. The van der Waals surface area contributed by atoms with E-state index in [9.17, 15) is 15.0 Å². The molecule has 0 fully saturated rings. The highest BCUT2D eigenvalue weighted by molar-refractivity contribution is 5.98. The van der Waals surface area contributed by atoms with Gasteiger partial charge in [0.25, 0.3) is 5.91 Å². The third-order valence-electron chi connectivity index (χ3n) is 3.74. The second-order valence-electron chi connectivity index (χ2n) is 5.36. The molecule has 2 N–H and O–H groups in total. The number of hydrogen-bond donors (Lipinski definition) is 2. The minimum absolute atomic E-state index is 0.0214. The van der Waals surface area contributed by atoms with Crippen LogP contribution in [-0.4, -0.2) is 20.7 Å². The zero-order valence-corrected chi connectivity index (χ0v) is 13.2. The van der Waals surface area contributed by atoms with E-state index < -0.39 is 5.91 Å². The molecule has 6 heteroatoms. The van der Waals surface area contributed by atoms with E-state index in [4.69, 9.17) is 0 Å². The third kappa shape index (κ3) is 2.74. The van der Waals surface area contributed by atoms with Crippen LogP contribution >= 0.6 is 0 Å². The van der Waals surface area contributed by atoms with Crippen LogP contribution in [0.2, 0.25) is 0 Å². The molecule has 0 atom stereocenters. The Balaban J connectivity index is 2.03. The second-order valence-corrected chi connectivity index (χ2v) is 5.36. The minimum Gasteiger partial charge on any atom is -0.507 e. The van der Waals surface area contributed by atoms with E-state index in [0.717, 1.165) is 17.3 Å². The van der Waals surface area contributed by atoms with Crippen molar-refractivity contribution in [2.45, 2.75) is 19.9 Å². The molecule has 1 heterocycles. The zero-order chi connectivity index (χ0) is 17.1. The summed E-state index contributed by atoms with van der Waals surface area (Å²) in [5.41, 5.74) is 1.15. The van der Waals surface area contributed by atoms with Crippen molar-refractivity contribution in [3.63, 3.8) is 0 Å². The summed E-state index contributed by atoms with van der Waals surface area (Å²) in [5, 5.41) is 28.5. The minimum atomic E-state index is -0.667. The largest absolute Gasteiger partial charge is 0.507 e. The zero-order valence-electron chi connectivity index (χ0n) is 13.2. The summed E-state index contributed by atoms with van der Waals surface area (Å²) in [6, 6.07) is 13.5. The molecule has 2 aromatic carbocycles. The molecule has 0 bridgehead atoms. The van der Waals surface area contributed by atoms with Crippen molar-refractivity contribution in [2.75, 3.05) is 0 Å². The molecule has 1 amide bonds. The molecule has 0 saturated heterocycles. The van der Waals surface area contributed by atoms with Crippen molar-refractivity contribution >= 4 is 22.5 Å². The first-order valence-corrected chi connectivity index (χ1v) is 7.67. The summed E-state index contributed by atoms with van der Waals surface area (Å²) in [6.07, 6.45) is 0.847. The van der Waals surface area contributed by atoms with Crippen molar-refractivity contribution in [3.05, 3.63) is 54.1 Å². The predicted molar refractivity (Wildman–Crippen MR) is 90.8 cm³/mol. The molecule has 3 rings (SSSR count). The highest BCUT2D eigenvalue weighted by atomic mass is 16.3. The number of aryl methyl sites for hydroxylation is 1. The summed E-state index contributed by atoms with van der Waals surface area (Å²) < 4.78 is 1.74. The molecule has 0 aliphatic carbocycles. The molecule has 24 heavy (non-hydrogen) atoms. The highest BCUT2D eigenvalue weighted by Gasteiger charge is 2.16. The van der Waals surface area contributed by atoms with E-state index in [0.29, 0.717) is 6.54 Å².